The molecule has 5 aliphatic heterocycles. The Balaban J connectivity index is 0.793. The van der Waals surface area contributed by atoms with Gasteiger partial charge in [0, 0.05) is 69.5 Å². The van der Waals surface area contributed by atoms with Crippen molar-refractivity contribution in [2.24, 2.45) is 17.6 Å². The number of likely N-dealkylation sites (tertiary alicyclic amines) is 1. The van der Waals surface area contributed by atoms with Crippen LogP contribution in [0.4, 0.5) is 11.5 Å². The normalized spacial score (nSPS) is 22.0. The van der Waals surface area contributed by atoms with Crippen molar-refractivity contribution in [3.05, 3.63) is 76.7 Å². The van der Waals surface area contributed by atoms with Crippen LogP contribution < -0.4 is 26.2 Å². The Labute approximate surface area is 354 Å². The first-order chi connectivity index (χ1) is 29.2. The van der Waals surface area contributed by atoms with Crippen molar-refractivity contribution in [1.29, 1.82) is 0 Å². The Morgan fingerprint density at radius 1 is 0.869 bits per heavy atom. The molecule has 8 rings (SSSR count). The van der Waals surface area contributed by atoms with Gasteiger partial charge in [0.05, 0.1) is 27.9 Å². The molecule has 0 radical (unpaired) electrons. The maximum Gasteiger partial charge on any atom is 0.269 e. The summed E-state index contributed by atoms with van der Waals surface area (Å²) in [4.78, 5) is 93.4. The molecule has 0 saturated carbocycles. The Bertz CT molecular complexity index is 2360. The van der Waals surface area contributed by atoms with Gasteiger partial charge < -0.3 is 25.8 Å². The van der Waals surface area contributed by atoms with E-state index in [4.69, 9.17) is 10.7 Å². The standard InChI is InChI=1S/C43H51N9O8S/c1-61(59,60)31-7-4-26(5-8-31)21-34-38(39(44)54)45-23-36(47-34)51-16-2-3-29(25-51)46-40(55)28-14-17-49(18-15-28)24-27-12-19-50(20-13-27)30-6-9-32-33(22-30)43(58)52(42(32)57)35-10-11-37(53)48-41(35)56/h4-9,22-23,27-29,35H,2-3,10-21,24-25H2,1H3,(H2,44,54)(H,46,55)(H,48,53,56)/t29-,35?/m1/s1. The molecule has 1 aromatic heterocycles. The third kappa shape index (κ3) is 9.15. The highest BCUT2D eigenvalue weighted by atomic mass is 32.2. The van der Waals surface area contributed by atoms with Gasteiger partial charge in [-0.3, -0.25) is 39.0 Å². The van der Waals surface area contributed by atoms with E-state index in [-0.39, 0.29) is 58.8 Å². The predicted molar refractivity (Wildman–Crippen MR) is 224 cm³/mol. The number of imide groups is 2. The number of carbonyl (C=O) groups is 6. The minimum atomic E-state index is -3.35. The summed E-state index contributed by atoms with van der Waals surface area (Å²) in [5, 5.41) is 5.54. The van der Waals surface area contributed by atoms with Crippen LogP contribution in [0.2, 0.25) is 0 Å². The van der Waals surface area contributed by atoms with Gasteiger partial charge in [0.1, 0.15) is 17.6 Å². The first-order valence-corrected chi connectivity index (χ1v) is 22.9. The highest BCUT2D eigenvalue weighted by Crippen LogP contribution is 2.33. The number of nitrogens with zero attached hydrogens (tertiary/aromatic N) is 6. The van der Waals surface area contributed by atoms with Crippen molar-refractivity contribution in [2.75, 3.05) is 61.9 Å². The summed E-state index contributed by atoms with van der Waals surface area (Å²) in [5.74, 6) is -1.64. The molecule has 6 heterocycles. The molecule has 18 heteroatoms. The fourth-order valence-electron chi connectivity index (χ4n) is 9.34. The minimum Gasteiger partial charge on any atom is -0.371 e. The molecular formula is C43H51N9O8S. The molecule has 4 N–H and O–H groups in total. The van der Waals surface area contributed by atoms with Crippen molar-refractivity contribution in [3.63, 3.8) is 0 Å². The van der Waals surface area contributed by atoms with Crippen LogP contribution >= 0.6 is 0 Å². The SMILES string of the molecule is CS(=O)(=O)c1ccc(Cc2nc(N3CCC[C@@H](NC(=O)C4CCN(CC5CCN(c6ccc7c(c6)C(=O)N(C6CCC(=O)NC6=O)C7=O)CC5)CC4)C3)cnc2C(N)=O)cc1. The van der Waals surface area contributed by atoms with Crippen LogP contribution in [0.5, 0.6) is 0 Å². The van der Waals surface area contributed by atoms with Gasteiger partial charge in [0.25, 0.3) is 17.7 Å². The lowest BCUT2D eigenvalue weighted by atomic mass is 9.91. The van der Waals surface area contributed by atoms with Gasteiger partial charge in [0.15, 0.2) is 9.84 Å². The molecule has 3 aromatic rings. The number of amides is 6. The number of aromatic nitrogens is 2. The monoisotopic (exact) mass is 853 g/mol. The van der Waals surface area contributed by atoms with Crippen LogP contribution in [-0.4, -0.2) is 128 Å². The van der Waals surface area contributed by atoms with Crippen LogP contribution in [-0.2, 0) is 30.6 Å². The van der Waals surface area contributed by atoms with E-state index in [0.717, 1.165) is 100 Å². The van der Waals surface area contributed by atoms with Crippen LogP contribution in [0.25, 0.3) is 0 Å². The predicted octanol–water partition coefficient (Wildman–Crippen LogP) is 1.68. The molecule has 5 aliphatic rings. The maximum atomic E-state index is 13.5. The topological polar surface area (TPSA) is 225 Å². The molecule has 1 unspecified atom stereocenters. The number of hydrogen-bond donors (Lipinski definition) is 3. The van der Waals surface area contributed by atoms with E-state index in [9.17, 15) is 37.2 Å². The minimum absolute atomic E-state index is 0.0609. The summed E-state index contributed by atoms with van der Waals surface area (Å²) in [7, 11) is -3.35. The van der Waals surface area contributed by atoms with E-state index in [0.29, 0.717) is 24.0 Å². The average molecular weight is 854 g/mol. The number of fused-ring (bicyclic) bond motifs is 1. The fraction of sp³-hybridized carbons (Fsp3) is 0.488. The number of nitrogens with one attached hydrogen (secondary N) is 2. The molecule has 4 saturated heterocycles. The van der Waals surface area contributed by atoms with Gasteiger partial charge in [-0.25, -0.2) is 18.4 Å². The summed E-state index contributed by atoms with van der Waals surface area (Å²) in [6.07, 6.45) is 8.33. The molecule has 2 aromatic carbocycles. The zero-order valence-corrected chi connectivity index (χ0v) is 35.0. The number of primary amides is 1. The Morgan fingerprint density at radius 3 is 2.28 bits per heavy atom. The van der Waals surface area contributed by atoms with Crippen LogP contribution in [0.1, 0.15) is 93.8 Å². The molecule has 6 amide bonds. The lowest BCUT2D eigenvalue weighted by Gasteiger charge is -2.39. The summed E-state index contributed by atoms with van der Waals surface area (Å²) in [6.45, 7) is 5.54. The summed E-state index contributed by atoms with van der Waals surface area (Å²) >= 11 is 0. The van der Waals surface area contributed by atoms with Gasteiger partial charge in [-0.2, -0.15) is 0 Å². The van der Waals surface area contributed by atoms with Crippen molar-refractivity contribution in [1.82, 2.24) is 30.4 Å². The number of rotatable bonds is 11. The summed E-state index contributed by atoms with van der Waals surface area (Å²) < 4.78 is 23.8. The Morgan fingerprint density at radius 2 is 1.59 bits per heavy atom. The molecule has 4 fully saturated rings. The number of nitrogens with two attached hydrogens (primary N) is 1. The smallest absolute Gasteiger partial charge is 0.269 e. The zero-order valence-electron chi connectivity index (χ0n) is 34.2. The second kappa shape index (κ2) is 17.3. The van der Waals surface area contributed by atoms with E-state index >= 15 is 0 Å². The lowest BCUT2D eigenvalue weighted by Crippen LogP contribution is -2.54. The third-order valence-corrected chi connectivity index (χ3v) is 13.9. The molecule has 0 aliphatic carbocycles. The quantitative estimate of drug-likeness (QED) is 0.234. The molecular weight excluding hydrogens is 803 g/mol. The molecule has 17 nitrogen and oxygen atoms in total. The number of piperidine rings is 4. The maximum absolute atomic E-state index is 13.5. The zero-order chi connectivity index (χ0) is 43.0. The van der Waals surface area contributed by atoms with E-state index in [2.05, 4.69) is 30.3 Å². The second-order valence-corrected chi connectivity index (χ2v) is 19.0. The Hall–Kier alpha value is -5.75. The number of carbonyl (C=O) groups excluding carboxylic acids is 6. The van der Waals surface area contributed by atoms with Gasteiger partial charge in [0.2, 0.25) is 17.7 Å². The van der Waals surface area contributed by atoms with Gasteiger partial charge in [-0.05, 0) is 99.8 Å². The summed E-state index contributed by atoms with van der Waals surface area (Å²) in [5.41, 5.74) is 8.29. The van der Waals surface area contributed by atoms with E-state index < -0.39 is 45.4 Å². The highest BCUT2D eigenvalue weighted by molar-refractivity contribution is 7.90. The van der Waals surface area contributed by atoms with Gasteiger partial charge >= 0.3 is 0 Å². The van der Waals surface area contributed by atoms with Crippen LogP contribution in [0.15, 0.2) is 53.6 Å². The van der Waals surface area contributed by atoms with Gasteiger partial charge in [-0.15, -0.1) is 0 Å². The first kappa shape index (κ1) is 42.0. The van der Waals surface area contributed by atoms with Crippen LogP contribution in [0.3, 0.4) is 0 Å². The largest absolute Gasteiger partial charge is 0.371 e. The van der Waals surface area contributed by atoms with Crippen molar-refractivity contribution in [3.8, 4) is 0 Å². The molecule has 322 valence electrons. The summed E-state index contributed by atoms with van der Waals surface area (Å²) in [6, 6.07) is 10.6. The van der Waals surface area contributed by atoms with E-state index in [1.165, 1.54) is 12.1 Å². The number of sulfone groups is 1. The Kier molecular flexibility index (Phi) is 11.9. The second-order valence-electron chi connectivity index (χ2n) is 17.0. The van der Waals surface area contributed by atoms with Crippen LogP contribution in [0, 0.1) is 11.8 Å². The third-order valence-electron chi connectivity index (χ3n) is 12.8. The average Bonchev–Trinajstić information content (AvgIpc) is 3.49. The molecule has 0 spiro atoms. The van der Waals surface area contributed by atoms with E-state index in [1.807, 2.05) is 6.07 Å². The number of benzene rings is 2. The fourth-order valence-corrected chi connectivity index (χ4v) is 9.97. The molecule has 0 bridgehead atoms. The number of hydrogen-bond acceptors (Lipinski definition) is 13. The number of anilines is 2. The first-order valence-electron chi connectivity index (χ1n) is 21.0. The molecule has 2 atom stereocenters. The van der Waals surface area contributed by atoms with Crippen molar-refractivity contribution in [2.45, 2.75) is 74.8 Å². The molecule has 61 heavy (non-hydrogen) atoms. The lowest BCUT2D eigenvalue weighted by molar-refractivity contribution is -0.136. The van der Waals surface area contributed by atoms with E-state index in [1.54, 1.807) is 30.5 Å². The highest BCUT2D eigenvalue weighted by Gasteiger charge is 2.45. The van der Waals surface area contributed by atoms with Gasteiger partial charge in [-0.1, -0.05) is 12.1 Å². The van der Waals surface area contributed by atoms with Crippen molar-refractivity contribution >= 4 is 56.8 Å². The van der Waals surface area contributed by atoms with Crippen molar-refractivity contribution < 1.29 is 37.2 Å².